The average Bonchev–Trinajstić information content (AvgIpc) is 2.57. The zero-order chi connectivity index (χ0) is 18.0. The molecule has 0 amide bonds. The van der Waals surface area contributed by atoms with Crippen LogP contribution in [0, 0.1) is 12.7 Å². The van der Waals surface area contributed by atoms with Gasteiger partial charge in [0, 0.05) is 0 Å². The number of anilines is 2. The second-order valence-electron chi connectivity index (χ2n) is 6.44. The molecular weight excluding hydrogens is 339 g/mol. The van der Waals surface area contributed by atoms with Gasteiger partial charge in [0.15, 0.2) is 0 Å². The number of fused-ring (bicyclic) bond motifs is 1. The van der Waals surface area contributed by atoms with Crippen molar-refractivity contribution in [2.75, 3.05) is 17.9 Å². The molecule has 134 valence electrons. The Labute approximate surface area is 148 Å². The Morgan fingerprint density at radius 2 is 1.96 bits per heavy atom. The maximum atomic E-state index is 13.8. The Kier molecular flexibility index (Phi) is 5.11. The van der Waals surface area contributed by atoms with Gasteiger partial charge in [-0.3, -0.25) is 0 Å². The molecule has 0 fully saturated rings. The van der Waals surface area contributed by atoms with Crippen molar-refractivity contribution in [2.45, 2.75) is 31.4 Å². The molecule has 0 saturated carbocycles. The highest BCUT2D eigenvalue weighted by molar-refractivity contribution is 7.93. The summed E-state index contributed by atoms with van der Waals surface area (Å²) in [4.78, 5) is 0. The van der Waals surface area contributed by atoms with E-state index in [1.165, 1.54) is 16.4 Å². The third-order valence-corrected chi connectivity index (χ3v) is 6.82. The molecule has 0 spiro atoms. The first-order chi connectivity index (χ1) is 11.9. The molecule has 4 nitrogen and oxygen atoms in total. The van der Waals surface area contributed by atoms with Crippen LogP contribution in [-0.2, 0) is 16.4 Å². The number of hydrogen-bond acceptors (Lipinski definition) is 3. The van der Waals surface area contributed by atoms with Gasteiger partial charge in [0.1, 0.15) is 5.82 Å². The summed E-state index contributed by atoms with van der Waals surface area (Å²) in [6, 6.07) is 11.7. The third kappa shape index (κ3) is 3.41. The molecule has 2 aromatic carbocycles. The van der Waals surface area contributed by atoms with Crippen LogP contribution in [0.2, 0.25) is 0 Å². The highest BCUT2D eigenvalue weighted by atomic mass is 32.2. The number of benzene rings is 2. The molecular formula is C19H23FN2O2S. The molecule has 0 radical (unpaired) electrons. The molecule has 1 aliphatic heterocycles. The van der Waals surface area contributed by atoms with E-state index in [4.69, 9.17) is 0 Å². The predicted octanol–water partition coefficient (Wildman–Crippen LogP) is 3.53. The van der Waals surface area contributed by atoms with E-state index in [0.29, 0.717) is 24.2 Å². The second-order valence-corrected chi connectivity index (χ2v) is 8.50. The van der Waals surface area contributed by atoms with Crippen molar-refractivity contribution in [1.29, 1.82) is 0 Å². The Bertz CT molecular complexity index is 867. The summed E-state index contributed by atoms with van der Waals surface area (Å²) in [5.41, 5.74) is 2.80. The quantitative estimate of drug-likeness (QED) is 0.828. The largest absolute Gasteiger partial charge is 0.320 e. The summed E-state index contributed by atoms with van der Waals surface area (Å²) in [6.45, 7) is 2.64. The fourth-order valence-corrected chi connectivity index (χ4v) is 5.45. The van der Waals surface area contributed by atoms with Crippen LogP contribution in [0.25, 0.3) is 0 Å². The van der Waals surface area contributed by atoms with Gasteiger partial charge in [-0.05, 0) is 75.2 Å². The van der Waals surface area contributed by atoms with E-state index in [-0.39, 0.29) is 5.82 Å². The first-order valence-corrected chi connectivity index (χ1v) is 9.98. The first kappa shape index (κ1) is 17.9. The van der Waals surface area contributed by atoms with Crippen LogP contribution in [-0.4, -0.2) is 27.3 Å². The Morgan fingerprint density at radius 3 is 2.68 bits per heavy atom. The molecule has 6 heteroatoms. The molecule has 3 rings (SSSR count). The number of halogens is 1. The lowest BCUT2D eigenvalue weighted by Gasteiger charge is -2.36. The van der Waals surface area contributed by atoms with E-state index < -0.39 is 15.3 Å². The molecule has 1 heterocycles. The van der Waals surface area contributed by atoms with Crippen LogP contribution >= 0.6 is 0 Å². The molecule has 25 heavy (non-hydrogen) atoms. The summed E-state index contributed by atoms with van der Waals surface area (Å²) < 4.78 is 41.8. The fraction of sp³-hybridized carbons (Fsp3) is 0.368. The van der Waals surface area contributed by atoms with E-state index in [2.05, 4.69) is 5.32 Å². The number of aryl methyl sites for hydroxylation is 1. The maximum absolute atomic E-state index is 13.8. The number of para-hydroxylation sites is 1. The Hall–Kier alpha value is -1.92. The lowest BCUT2D eigenvalue weighted by molar-refractivity contribution is 0.552. The van der Waals surface area contributed by atoms with E-state index in [1.807, 2.05) is 32.2 Å². The number of rotatable bonds is 5. The minimum atomic E-state index is -3.56. The van der Waals surface area contributed by atoms with Gasteiger partial charge in [0.05, 0.1) is 16.6 Å². The van der Waals surface area contributed by atoms with E-state index in [9.17, 15) is 12.8 Å². The van der Waals surface area contributed by atoms with Crippen molar-refractivity contribution in [2.24, 2.45) is 0 Å². The molecule has 0 aliphatic carbocycles. The number of nitrogens with zero attached hydrogens (tertiary/aromatic N) is 1. The highest BCUT2D eigenvalue weighted by Crippen LogP contribution is 2.41. The van der Waals surface area contributed by atoms with E-state index in [1.54, 1.807) is 12.1 Å². The summed E-state index contributed by atoms with van der Waals surface area (Å²) in [5.74, 6) is -0.336. The van der Waals surface area contributed by atoms with Crippen LogP contribution in [0.15, 0.2) is 42.5 Å². The molecule has 1 aliphatic rings. The van der Waals surface area contributed by atoms with Gasteiger partial charge in [-0.2, -0.15) is 0 Å². The summed E-state index contributed by atoms with van der Waals surface area (Å²) >= 11 is 0. The Morgan fingerprint density at radius 1 is 1.20 bits per heavy atom. The molecule has 0 aromatic heterocycles. The van der Waals surface area contributed by atoms with Crippen LogP contribution in [0.4, 0.5) is 15.8 Å². The van der Waals surface area contributed by atoms with Gasteiger partial charge in [0.2, 0.25) is 10.0 Å². The monoisotopic (exact) mass is 362 g/mol. The predicted molar refractivity (Wildman–Crippen MR) is 99.3 cm³/mol. The second kappa shape index (κ2) is 7.14. The minimum Gasteiger partial charge on any atom is -0.320 e. The zero-order valence-electron chi connectivity index (χ0n) is 14.5. The minimum absolute atomic E-state index is 0.336. The van der Waals surface area contributed by atoms with Gasteiger partial charge in [-0.15, -0.1) is 0 Å². The van der Waals surface area contributed by atoms with Crippen molar-refractivity contribution >= 4 is 21.4 Å². The average molecular weight is 362 g/mol. The maximum Gasteiger partial charge on any atom is 0.242 e. The summed E-state index contributed by atoms with van der Waals surface area (Å²) in [6.07, 6.45) is 1.65. The highest BCUT2D eigenvalue weighted by Gasteiger charge is 2.39. The standard InChI is InChI=1S/C19H23FN2O2S/c1-14-6-3-4-8-18(14)22-19-10-9-16(20)12-15(19)13-17(25(22,23)24)7-5-11-21-2/h3-4,6,8-10,12,17,21H,5,7,11,13H2,1-2H3/t17-/m1/s1. The lowest BCUT2D eigenvalue weighted by Crippen LogP contribution is -2.42. The molecule has 2 aromatic rings. The number of nitrogens with one attached hydrogen (secondary N) is 1. The van der Waals surface area contributed by atoms with Crippen molar-refractivity contribution in [1.82, 2.24) is 5.32 Å². The van der Waals surface area contributed by atoms with Crippen LogP contribution < -0.4 is 9.62 Å². The first-order valence-electron chi connectivity index (χ1n) is 8.48. The molecule has 0 bridgehead atoms. The van der Waals surface area contributed by atoms with Gasteiger partial charge >= 0.3 is 0 Å². The lowest BCUT2D eigenvalue weighted by atomic mass is 10.0. The van der Waals surface area contributed by atoms with Crippen molar-refractivity contribution in [3.63, 3.8) is 0 Å². The van der Waals surface area contributed by atoms with Gasteiger partial charge in [0.25, 0.3) is 0 Å². The van der Waals surface area contributed by atoms with Gasteiger partial charge < -0.3 is 5.32 Å². The summed E-state index contributed by atoms with van der Waals surface area (Å²) in [5, 5.41) is 2.50. The van der Waals surface area contributed by atoms with E-state index in [0.717, 1.165) is 24.1 Å². The number of hydrogen-bond donors (Lipinski definition) is 1. The Balaban J connectivity index is 2.12. The van der Waals surface area contributed by atoms with Gasteiger partial charge in [-0.25, -0.2) is 17.1 Å². The van der Waals surface area contributed by atoms with Crippen molar-refractivity contribution < 1.29 is 12.8 Å². The van der Waals surface area contributed by atoms with Crippen LogP contribution in [0.1, 0.15) is 24.0 Å². The normalized spacial score (nSPS) is 18.8. The molecule has 1 N–H and O–H groups in total. The fourth-order valence-electron chi connectivity index (χ4n) is 3.37. The smallest absolute Gasteiger partial charge is 0.242 e. The van der Waals surface area contributed by atoms with Crippen molar-refractivity contribution in [3.05, 3.63) is 59.4 Å². The third-order valence-electron chi connectivity index (χ3n) is 4.67. The molecule has 1 atom stereocenters. The van der Waals surface area contributed by atoms with Crippen LogP contribution in [0.3, 0.4) is 0 Å². The van der Waals surface area contributed by atoms with Gasteiger partial charge in [-0.1, -0.05) is 18.2 Å². The molecule has 0 saturated heterocycles. The van der Waals surface area contributed by atoms with Crippen LogP contribution in [0.5, 0.6) is 0 Å². The van der Waals surface area contributed by atoms with Crippen molar-refractivity contribution in [3.8, 4) is 0 Å². The number of sulfonamides is 1. The topological polar surface area (TPSA) is 49.4 Å². The van der Waals surface area contributed by atoms with E-state index >= 15 is 0 Å². The molecule has 0 unspecified atom stereocenters. The zero-order valence-corrected chi connectivity index (χ0v) is 15.3. The SMILES string of the molecule is CNCCC[C@@H]1Cc2cc(F)ccc2N(c2ccccc2C)S1(=O)=O. The summed E-state index contributed by atoms with van der Waals surface area (Å²) in [7, 11) is -1.72.